The minimum absolute atomic E-state index is 0.0225. The van der Waals surface area contributed by atoms with Crippen LogP contribution < -0.4 is 0 Å². The molecule has 1 aromatic carbocycles. The molecule has 114 valence electrons. The van der Waals surface area contributed by atoms with E-state index in [4.69, 9.17) is 0 Å². The Labute approximate surface area is 128 Å². The molecule has 0 aromatic heterocycles. The Bertz CT molecular complexity index is 563. The first kappa shape index (κ1) is 17.6. The van der Waals surface area contributed by atoms with Crippen molar-refractivity contribution in [2.45, 2.75) is 24.8 Å². The first-order valence-corrected chi connectivity index (χ1v) is 8.55. The van der Waals surface area contributed by atoms with Crippen molar-refractivity contribution in [2.24, 2.45) is 0 Å². The molecule has 0 amide bonds. The summed E-state index contributed by atoms with van der Waals surface area (Å²) in [6.45, 7) is 4.57. The van der Waals surface area contributed by atoms with E-state index in [0.29, 0.717) is 13.1 Å². The van der Waals surface area contributed by atoms with Crippen LogP contribution in [-0.2, 0) is 10.0 Å². The van der Waals surface area contributed by atoms with E-state index in [9.17, 15) is 12.8 Å². The number of hydrogen-bond donors (Lipinski definition) is 0. The second-order valence-corrected chi connectivity index (χ2v) is 7.64. The van der Waals surface area contributed by atoms with E-state index in [2.05, 4.69) is 15.9 Å². The van der Waals surface area contributed by atoms with Crippen molar-refractivity contribution in [1.82, 2.24) is 9.21 Å². The smallest absolute Gasteiger partial charge is 0.243 e. The van der Waals surface area contributed by atoms with E-state index in [-0.39, 0.29) is 15.4 Å². The van der Waals surface area contributed by atoms with Crippen LogP contribution in [-0.4, -0.2) is 50.8 Å². The van der Waals surface area contributed by atoms with Crippen LogP contribution in [0.1, 0.15) is 13.8 Å². The van der Waals surface area contributed by atoms with Gasteiger partial charge in [-0.05, 0) is 55.1 Å². The van der Waals surface area contributed by atoms with Crippen molar-refractivity contribution in [1.29, 1.82) is 0 Å². The zero-order valence-corrected chi connectivity index (χ0v) is 14.5. The van der Waals surface area contributed by atoms with Gasteiger partial charge in [0.2, 0.25) is 10.0 Å². The van der Waals surface area contributed by atoms with Gasteiger partial charge in [-0.1, -0.05) is 6.92 Å². The van der Waals surface area contributed by atoms with Gasteiger partial charge >= 0.3 is 0 Å². The Morgan fingerprint density at radius 3 is 2.40 bits per heavy atom. The highest BCUT2D eigenvalue weighted by molar-refractivity contribution is 9.10. The quantitative estimate of drug-likeness (QED) is 0.776. The molecule has 0 aliphatic carbocycles. The highest BCUT2D eigenvalue weighted by Crippen LogP contribution is 2.23. The average molecular weight is 367 g/mol. The summed E-state index contributed by atoms with van der Waals surface area (Å²) in [6, 6.07) is 3.68. The Hall–Kier alpha value is -0.500. The van der Waals surface area contributed by atoms with Gasteiger partial charge in [-0.15, -0.1) is 0 Å². The van der Waals surface area contributed by atoms with Gasteiger partial charge in [-0.2, -0.15) is 4.31 Å². The lowest BCUT2D eigenvalue weighted by molar-refractivity contribution is 0.271. The van der Waals surface area contributed by atoms with E-state index in [1.54, 1.807) is 6.92 Å². The molecule has 0 bridgehead atoms. The van der Waals surface area contributed by atoms with Crippen molar-refractivity contribution in [3.8, 4) is 0 Å². The summed E-state index contributed by atoms with van der Waals surface area (Å²) in [5.74, 6) is -0.581. The number of likely N-dealkylation sites (N-methyl/N-ethyl adjacent to an activating group) is 2. The summed E-state index contributed by atoms with van der Waals surface area (Å²) in [4.78, 5) is 1.90. The Morgan fingerprint density at radius 2 is 1.95 bits per heavy atom. The zero-order valence-electron chi connectivity index (χ0n) is 12.1. The van der Waals surface area contributed by atoms with Crippen molar-refractivity contribution < 1.29 is 12.8 Å². The second kappa shape index (κ2) is 6.98. The molecule has 1 atom stereocenters. The number of rotatable bonds is 6. The molecule has 1 rings (SSSR count). The minimum Gasteiger partial charge on any atom is -0.308 e. The van der Waals surface area contributed by atoms with Crippen LogP contribution in [0.3, 0.4) is 0 Å². The SMILES string of the molecule is CCN(C(C)CN(C)C)S(=O)(=O)c1ccc(Br)c(F)c1. The Morgan fingerprint density at radius 1 is 1.35 bits per heavy atom. The fourth-order valence-corrected chi connectivity index (χ4v) is 4.00. The van der Waals surface area contributed by atoms with Crippen LogP contribution in [0.15, 0.2) is 27.6 Å². The summed E-state index contributed by atoms with van der Waals surface area (Å²) in [5.41, 5.74) is 0. The minimum atomic E-state index is -3.69. The lowest BCUT2D eigenvalue weighted by Gasteiger charge is -2.29. The van der Waals surface area contributed by atoms with Crippen molar-refractivity contribution in [3.63, 3.8) is 0 Å². The van der Waals surface area contributed by atoms with E-state index in [1.165, 1.54) is 16.4 Å². The fourth-order valence-electron chi connectivity index (χ4n) is 2.11. The van der Waals surface area contributed by atoms with E-state index in [0.717, 1.165) is 6.07 Å². The van der Waals surface area contributed by atoms with Gasteiger partial charge in [0.25, 0.3) is 0 Å². The van der Waals surface area contributed by atoms with Crippen molar-refractivity contribution in [2.75, 3.05) is 27.2 Å². The van der Waals surface area contributed by atoms with Gasteiger partial charge in [0.15, 0.2) is 0 Å². The van der Waals surface area contributed by atoms with E-state index in [1.807, 2.05) is 25.9 Å². The topological polar surface area (TPSA) is 40.6 Å². The molecule has 20 heavy (non-hydrogen) atoms. The third kappa shape index (κ3) is 4.00. The van der Waals surface area contributed by atoms with Crippen LogP contribution in [0.2, 0.25) is 0 Å². The number of benzene rings is 1. The van der Waals surface area contributed by atoms with Gasteiger partial charge in [-0.25, -0.2) is 12.8 Å². The zero-order chi connectivity index (χ0) is 15.5. The van der Waals surface area contributed by atoms with Crippen molar-refractivity contribution in [3.05, 3.63) is 28.5 Å². The van der Waals surface area contributed by atoms with E-state index < -0.39 is 15.8 Å². The van der Waals surface area contributed by atoms with Gasteiger partial charge in [0.1, 0.15) is 5.82 Å². The second-order valence-electron chi connectivity index (χ2n) is 4.90. The largest absolute Gasteiger partial charge is 0.308 e. The first-order chi connectivity index (χ1) is 9.20. The maximum atomic E-state index is 13.6. The van der Waals surface area contributed by atoms with Gasteiger partial charge in [0.05, 0.1) is 9.37 Å². The molecule has 4 nitrogen and oxygen atoms in total. The van der Waals surface area contributed by atoms with E-state index >= 15 is 0 Å². The monoisotopic (exact) mass is 366 g/mol. The summed E-state index contributed by atoms with van der Waals surface area (Å²) in [7, 11) is 0.0809. The van der Waals surface area contributed by atoms with Gasteiger partial charge in [-0.3, -0.25) is 0 Å². The normalized spacial score (nSPS) is 14.0. The first-order valence-electron chi connectivity index (χ1n) is 6.31. The standard InChI is InChI=1S/C13H20BrFN2O2S/c1-5-17(10(2)9-16(3)4)20(18,19)11-6-7-12(14)13(15)8-11/h6-8,10H,5,9H2,1-4H3. The third-order valence-electron chi connectivity index (χ3n) is 2.93. The molecule has 0 aliphatic rings. The lowest BCUT2D eigenvalue weighted by atomic mass is 10.3. The highest BCUT2D eigenvalue weighted by atomic mass is 79.9. The van der Waals surface area contributed by atoms with Crippen LogP contribution in [0.4, 0.5) is 4.39 Å². The molecule has 7 heteroatoms. The van der Waals surface area contributed by atoms with Crippen LogP contribution in [0.25, 0.3) is 0 Å². The predicted octanol–water partition coefficient (Wildman–Crippen LogP) is 2.55. The molecule has 0 aliphatic heterocycles. The molecule has 1 aromatic rings. The summed E-state index contributed by atoms with van der Waals surface area (Å²) < 4.78 is 40.3. The molecule has 0 fully saturated rings. The molecule has 0 radical (unpaired) electrons. The molecule has 0 saturated carbocycles. The predicted molar refractivity (Wildman–Crippen MR) is 81.7 cm³/mol. The molecular formula is C13H20BrFN2O2S. The number of hydrogen-bond acceptors (Lipinski definition) is 3. The fraction of sp³-hybridized carbons (Fsp3) is 0.538. The van der Waals surface area contributed by atoms with Crippen LogP contribution in [0.5, 0.6) is 0 Å². The van der Waals surface area contributed by atoms with Gasteiger partial charge in [0, 0.05) is 19.1 Å². The summed E-state index contributed by atoms with van der Waals surface area (Å²) >= 11 is 3.02. The molecule has 0 N–H and O–H groups in total. The Kier molecular flexibility index (Phi) is 6.12. The van der Waals surface area contributed by atoms with Gasteiger partial charge < -0.3 is 4.90 Å². The number of sulfonamides is 1. The van der Waals surface area contributed by atoms with Crippen LogP contribution >= 0.6 is 15.9 Å². The number of halogens is 2. The van der Waals surface area contributed by atoms with Crippen LogP contribution in [0, 0.1) is 5.82 Å². The highest BCUT2D eigenvalue weighted by Gasteiger charge is 2.28. The molecule has 0 heterocycles. The molecule has 0 spiro atoms. The summed E-state index contributed by atoms with van der Waals surface area (Å²) in [5, 5.41) is 0. The molecular weight excluding hydrogens is 347 g/mol. The molecule has 1 unspecified atom stereocenters. The summed E-state index contributed by atoms with van der Waals surface area (Å²) in [6.07, 6.45) is 0. The molecule has 0 saturated heterocycles. The van der Waals surface area contributed by atoms with Crippen molar-refractivity contribution >= 4 is 26.0 Å². The maximum absolute atomic E-state index is 13.6. The average Bonchev–Trinajstić information content (AvgIpc) is 2.31. The third-order valence-corrected chi connectivity index (χ3v) is 5.66. The number of nitrogens with zero attached hydrogens (tertiary/aromatic N) is 2. The lowest BCUT2D eigenvalue weighted by Crippen LogP contribution is -2.43. The Balaban J connectivity index is 3.14. The maximum Gasteiger partial charge on any atom is 0.243 e.